The SMILES string of the molecule is CC(C)(C)SCC1(NC(=O)N[C@H](C(=O)N2CC3C([C@H]2C(=O)[NH2+]C(CC2CC2)C(=O)C(N)=O)C3(C)C)C(C)(C)C)CCCCC1. The second-order valence-corrected chi connectivity index (χ2v) is 18.4. The minimum atomic E-state index is -1.04. The van der Waals surface area contributed by atoms with Gasteiger partial charge in [0.25, 0.3) is 11.7 Å². The number of nitrogens with one attached hydrogen (secondary N) is 2. The zero-order chi connectivity index (χ0) is 32.8. The van der Waals surface area contributed by atoms with Crippen molar-refractivity contribution in [2.45, 2.75) is 135 Å². The highest BCUT2D eigenvalue weighted by atomic mass is 32.2. The van der Waals surface area contributed by atoms with E-state index in [2.05, 4.69) is 45.3 Å². The summed E-state index contributed by atoms with van der Waals surface area (Å²) < 4.78 is 0.0647. The van der Waals surface area contributed by atoms with Crippen molar-refractivity contribution in [1.82, 2.24) is 15.5 Å². The first-order valence-electron chi connectivity index (χ1n) is 16.5. The number of carbonyl (C=O) groups is 5. The Morgan fingerprint density at radius 3 is 2.14 bits per heavy atom. The van der Waals surface area contributed by atoms with Gasteiger partial charge in [0.15, 0.2) is 12.1 Å². The van der Waals surface area contributed by atoms with Crippen molar-refractivity contribution in [2.24, 2.45) is 34.3 Å². The molecule has 1 saturated heterocycles. The van der Waals surface area contributed by atoms with Crippen LogP contribution in [0.3, 0.4) is 0 Å². The van der Waals surface area contributed by atoms with Gasteiger partial charge in [0, 0.05) is 29.4 Å². The van der Waals surface area contributed by atoms with Gasteiger partial charge in [-0.1, -0.05) is 74.7 Å². The maximum atomic E-state index is 14.3. The smallest absolute Gasteiger partial charge is 0.333 e. The summed E-state index contributed by atoms with van der Waals surface area (Å²) in [6.07, 6.45) is 7.43. The molecule has 3 unspecified atom stereocenters. The lowest BCUT2D eigenvalue weighted by Gasteiger charge is -2.41. The summed E-state index contributed by atoms with van der Waals surface area (Å²) >= 11 is 1.84. The highest BCUT2D eigenvalue weighted by Gasteiger charge is 2.71. The normalized spacial score (nSPS) is 27.1. The molecule has 1 aliphatic heterocycles. The molecule has 5 atom stereocenters. The lowest BCUT2D eigenvalue weighted by molar-refractivity contribution is -0.595. The molecule has 0 aromatic rings. The summed E-state index contributed by atoms with van der Waals surface area (Å²) in [7, 11) is 0. The minimum Gasteiger partial charge on any atom is -0.363 e. The first-order valence-corrected chi connectivity index (χ1v) is 17.5. The van der Waals surface area contributed by atoms with Crippen LogP contribution in [-0.2, 0) is 19.2 Å². The van der Waals surface area contributed by atoms with Gasteiger partial charge in [-0.2, -0.15) is 11.8 Å². The molecular formula is C33H56N5O5S+. The number of urea groups is 1. The van der Waals surface area contributed by atoms with E-state index in [1.54, 1.807) is 4.90 Å². The molecule has 6 N–H and O–H groups in total. The summed E-state index contributed by atoms with van der Waals surface area (Å²) in [6, 6.07) is -2.83. The van der Waals surface area contributed by atoms with Gasteiger partial charge in [0.05, 0.1) is 5.54 Å². The Kier molecular flexibility index (Phi) is 9.92. The standard InChI is InChI=1S/C33H55N5O5S/c1-30(2,3)25(36-29(43)37-33(14-10-9-11-15-33)18-44-31(4,5)6)28(42)38-17-20-22(32(20,7)8)23(38)27(41)35-21(16-19-12-13-19)24(39)26(34)40/h19-23,25H,9-18H2,1-8H3,(H2,34,40)(H,35,41)(H2,36,37,43)/p+1/t20?,21?,22?,23-,25+/m0/s1. The second kappa shape index (κ2) is 12.6. The van der Waals surface area contributed by atoms with Crippen LogP contribution in [0.25, 0.3) is 0 Å². The summed E-state index contributed by atoms with van der Waals surface area (Å²) in [5.41, 5.74) is 4.26. The number of thioether (sulfide) groups is 1. The first-order chi connectivity index (χ1) is 20.3. The van der Waals surface area contributed by atoms with Crippen molar-refractivity contribution in [3.8, 4) is 0 Å². The Morgan fingerprint density at radius 2 is 1.61 bits per heavy atom. The molecule has 0 aromatic heterocycles. The molecule has 248 valence electrons. The molecule has 3 saturated carbocycles. The number of nitrogens with two attached hydrogens (primary N) is 2. The van der Waals surface area contributed by atoms with E-state index in [-0.39, 0.29) is 45.4 Å². The van der Waals surface area contributed by atoms with Crippen LogP contribution >= 0.6 is 11.8 Å². The number of piperidine rings is 1. The predicted octanol–water partition coefficient (Wildman–Crippen LogP) is 2.73. The fourth-order valence-electron chi connectivity index (χ4n) is 7.39. The Morgan fingerprint density at radius 1 is 1.00 bits per heavy atom. The van der Waals surface area contributed by atoms with Crippen molar-refractivity contribution in [3.05, 3.63) is 0 Å². The van der Waals surface area contributed by atoms with E-state index >= 15 is 0 Å². The van der Waals surface area contributed by atoms with Crippen LogP contribution in [0.1, 0.15) is 107 Å². The minimum absolute atomic E-state index is 0.0465. The van der Waals surface area contributed by atoms with Gasteiger partial charge in [-0.05, 0) is 48.3 Å². The number of nitrogens with zero attached hydrogens (tertiary/aromatic N) is 1. The molecule has 10 nitrogen and oxygen atoms in total. The molecule has 4 rings (SSSR count). The van der Waals surface area contributed by atoms with E-state index in [0.29, 0.717) is 18.9 Å². The molecule has 0 spiro atoms. The number of likely N-dealkylation sites (tertiary alicyclic amines) is 1. The predicted molar refractivity (Wildman–Crippen MR) is 171 cm³/mol. The third-order valence-electron chi connectivity index (χ3n) is 10.4. The number of hydrogen-bond acceptors (Lipinski definition) is 6. The molecule has 5 amide bonds. The van der Waals surface area contributed by atoms with Crippen molar-refractivity contribution in [3.63, 3.8) is 0 Å². The average Bonchev–Trinajstić information content (AvgIpc) is 3.76. The van der Waals surface area contributed by atoms with E-state index < -0.39 is 35.2 Å². The lowest BCUT2D eigenvalue weighted by atomic mass is 9.83. The van der Waals surface area contributed by atoms with Gasteiger partial charge >= 0.3 is 11.9 Å². The van der Waals surface area contributed by atoms with Crippen LogP contribution in [0.4, 0.5) is 4.79 Å². The van der Waals surface area contributed by atoms with Crippen molar-refractivity contribution in [1.29, 1.82) is 0 Å². The number of primary amides is 2. The van der Waals surface area contributed by atoms with Crippen LogP contribution in [0.2, 0.25) is 0 Å². The molecule has 0 aromatic carbocycles. The van der Waals surface area contributed by atoms with Crippen molar-refractivity contribution in [2.75, 3.05) is 12.3 Å². The molecule has 1 heterocycles. The summed E-state index contributed by atoms with van der Waals surface area (Å²) in [5, 5.41) is 7.69. The van der Waals surface area contributed by atoms with Crippen LogP contribution in [-0.4, -0.2) is 75.1 Å². The van der Waals surface area contributed by atoms with Crippen molar-refractivity contribution >= 4 is 41.3 Å². The van der Waals surface area contributed by atoms with Crippen LogP contribution in [0.5, 0.6) is 0 Å². The van der Waals surface area contributed by atoms with E-state index in [1.165, 1.54) is 5.32 Å². The number of quaternary nitrogens is 1. The average molecular weight is 635 g/mol. The Hall–Kier alpha value is -2.14. The Balaban J connectivity index is 1.52. The number of rotatable bonds is 11. The highest BCUT2D eigenvalue weighted by Crippen LogP contribution is 2.64. The van der Waals surface area contributed by atoms with E-state index in [0.717, 1.165) is 50.7 Å². The maximum absolute atomic E-state index is 14.3. The lowest BCUT2D eigenvalue weighted by Crippen LogP contribution is -2.98. The number of carbonyl (C=O) groups excluding carboxylic acids is 5. The van der Waals surface area contributed by atoms with E-state index in [1.807, 2.05) is 32.5 Å². The zero-order valence-corrected chi connectivity index (χ0v) is 28.9. The number of fused-ring (bicyclic) bond motifs is 1. The van der Waals surface area contributed by atoms with Gasteiger partial charge in [-0.25, -0.2) is 9.59 Å². The fourth-order valence-corrected chi connectivity index (χ4v) is 8.46. The highest BCUT2D eigenvalue weighted by molar-refractivity contribution is 8.00. The molecule has 4 aliphatic rings. The van der Waals surface area contributed by atoms with Gasteiger partial charge in [0.1, 0.15) is 6.04 Å². The fraction of sp³-hybridized carbons (Fsp3) is 0.848. The second-order valence-electron chi connectivity index (χ2n) is 16.6. The maximum Gasteiger partial charge on any atom is 0.333 e. The van der Waals surface area contributed by atoms with Gasteiger partial charge in [0.2, 0.25) is 5.91 Å². The topological polar surface area (TPSA) is 155 Å². The van der Waals surface area contributed by atoms with Crippen LogP contribution < -0.4 is 21.7 Å². The molecule has 3 aliphatic carbocycles. The summed E-state index contributed by atoms with van der Waals surface area (Å²) in [4.78, 5) is 68.0. The van der Waals surface area contributed by atoms with Gasteiger partial charge < -0.3 is 21.3 Å². The van der Waals surface area contributed by atoms with E-state index in [9.17, 15) is 24.0 Å². The Labute approximate surface area is 267 Å². The summed E-state index contributed by atoms with van der Waals surface area (Å²) in [5.74, 6) is -1.17. The first kappa shape index (κ1) is 34.7. The number of Topliss-reactive ketones (excluding diaryl/α,β-unsaturated/α-hetero) is 1. The Bertz CT molecular complexity index is 1150. The van der Waals surface area contributed by atoms with Crippen molar-refractivity contribution < 1.29 is 29.3 Å². The molecule has 0 bridgehead atoms. The molecule has 11 heteroatoms. The zero-order valence-electron chi connectivity index (χ0n) is 28.1. The molecular weight excluding hydrogens is 578 g/mol. The van der Waals surface area contributed by atoms with Gasteiger partial charge in [-0.15, -0.1) is 0 Å². The quantitative estimate of drug-likeness (QED) is 0.256. The molecule has 4 fully saturated rings. The number of amides is 5. The van der Waals surface area contributed by atoms with Gasteiger partial charge in [-0.3, -0.25) is 19.7 Å². The molecule has 44 heavy (non-hydrogen) atoms. The third-order valence-corrected chi connectivity index (χ3v) is 11.9. The van der Waals surface area contributed by atoms with Crippen LogP contribution in [0.15, 0.2) is 0 Å². The number of hydrogen-bond donors (Lipinski definition) is 4. The monoisotopic (exact) mass is 634 g/mol. The summed E-state index contributed by atoms with van der Waals surface area (Å²) in [6.45, 7) is 16.9. The van der Waals surface area contributed by atoms with E-state index in [4.69, 9.17) is 5.73 Å². The third kappa shape index (κ3) is 7.98. The van der Waals surface area contributed by atoms with Crippen LogP contribution in [0, 0.1) is 28.6 Å². The largest absolute Gasteiger partial charge is 0.363 e. The number of ketones is 1. The molecule has 0 radical (unpaired) electrons.